The lowest BCUT2D eigenvalue weighted by Gasteiger charge is -2.30. The van der Waals surface area contributed by atoms with Gasteiger partial charge < -0.3 is 19.6 Å². The van der Waals surface area contributed by atoms with E-state index in [2.05, 4.69) is 21.4 Å². The summed E-state index contributed by atoms with van der Waals surface area (Å²) in [5.74, 6) is 1.05. The lowest BCUT2D eigenvalue weighted by molar-refractivity contribution is 0.190. The number of aromatic nitrogens is 2. The molecule has 2 N–H and O–H groups in total. The summed E-state index contributed by atoms with van der Waals surface area (Å²) in [4.78, 5) is 22.6. The number of anilines is 1. The molecule has 29 heavy (non-hydrogen) atoms. The summed E-state index contributed by atoms with van der Waals surface area (Å²) < 4.78 is 6.04. The van der Waals surface area contributed by atoms with Crippen molar-refractivity contribution in [3.63, 3.8) is 0 Å². The Morgan fingerprint density at radius 3 is 2.79 bits per heavy atom. The van der Waals surface area contributed by atoms with Gasteiger partial charge in [0.05, 0.1) is 0 Å². The molecule has 2 aromatic heterocycles. The number of nitrogens with one attached hydrogen (secondary N) is 2. The first-order valence-electron chi connectivity index (χ1n) is 10.1. The van der Waals surface area contributed by atoms with Gasteiger partial charge in [0.2, 0.25) is 0 Å². The van der Waals surface area contributed by atoms with Crippen molar-refractivity contribution in [2.45, 2.75) is 32.6 Å². The largest absolute Gasteiger partial charge is 0.440 e. The van der Waals surface area contributed by atoms with Crippen LogP contribution in [0, 0.1) is 13.8 Å². The van der Waals surface area contributed by atoms with Crippen LogP contribution in [0.2, 0.25) is 0 Å². The Morgan fingerprint density at radius 2 is 2.00 bits per heavy atom. The topological polar surface area (TPSA) is 74.2 Å². The zero-order valence-electron chi connectivity index (χ0n) is 16.7. The molecule has 0 spiro atoms. The van der Waals surface area contributed by atoms with E-state index in [-0.39, 0.29) is 11.9 Å². The Morgan fingerprint density at radius 1 is 1.17 bits per heavy atom. The van der Waals surface area contributed by atoms with E-state index in [9.17, 15) is 4.79 Å². The van der Waals surface area contributed by atoms with E-state index in [4.69, 9.17) is 4.42 Å². The number of urea groups is 1. The van der Waals surface area contributed by atoms with Gasteiger partial charge in [0.1, 0.15) is 5.52 Å². The number of nitrogens with zero attached hydrogens (tertiary/aromatic N) is 2. The Hall–Kier alpha value is -3.28. The number of hydrogen-bond donors (Lipinski definition) is 2. The van der Waals surface area contributed by atoms with Crippen LogP contribution in [0.25, 0.3) is 22.0 Å². The second kappa shape index (κ2) is 6.95. The van der Waals surface area contributed by atoms with Crippen LogP contribution in [-0.2, 0) is 0 Å². The van der Waals surface area contributed by atoms with Crippen molar-refractivity contribution in [1.29, 1.82) is 0 Å². The van der Waals surface area contributed by atoms with Crippen LogP contribution in [0.4, 0.5) is 10.5 Å². The number of piperidine rings is 1. The van der Waals surface area contributed by atoms with Gasteiger partial charge in [0.15, 0.2) is 11.5 Å². The average molecular weight is 388 g/mol. The Kier molecular flexibility index (Phi) is 4.27. The highest BCUT2D eigenvalue weighted by Crippen LogP contribution is 2.31. The molecule has 1 fully saturated rings. The van der Waals surface area contributed by atoms with Gasteiger partial charge in [-0.25, -0.2) is 9.78 Å². The molecule has 1 saturated heterocycles. The number of hydrogen-bond acceptors (Lipinski definition) is 3. The van der Waals surface area contributed by atoms with Gasteiger partial charge in [-0.3, -0.25) is 0 Å². The third kappa shape index (κ3) is 3.35. The fourth-order valence-corrected chi connectivity index (χ4v) is 4.17. The van der Waals surface area contributed by atoms with Crippen LogP contribution < -0.4 is 5.32 Å². The smallest absolute Gasteiger partial charge is 0.321 e. The summed E-state index contributed by atoms with van der Waals surface area (Å²) in [7, 11) is 0. The number of rotatable bonds is 2. The number of oxazole rings is 1. The molecule has 4 aromatic rings. The fourth-order valence-electron chi connectivity index (χ4n) is 4.17. The van der Waals surface area contributed by atoms with Crippen molar-refractivity contribution in [1.82, 2.24) is 14.9 Å². The van der Waals surface area contributed by atoms with Crippen molar-refractivity contribution in [2.75, 3.05) is 18.4 Å². The summed E-state index contributed by atoms with van der Waals surface area (Å²) in [5.41, 5.74) is 5.90. The standard InChI is InChI=1S/C23H24N4O2/c1-14-4-3-5-20-21(14)29-22(26-20)16-8-10-27(11-9-16)23(28)25-18-6-7-19-17(13-18)12-15(2)24-19/h3-7,12-13,16,24H,8-11H2,1-2H3,(H,25,28). The van der Waals surface area contributed by atoms with Gasteiger partial charge in [-0.05, 0) is 62.6 Å². The molecule has 1 aliphatic rings. The number of para-hydroxylation sites is 1. The summed E-state index contributed by atoms with van der Waals surface area (Å²) in [6, 6.07) is 14.0. The molecule has 6 nitrogen and oxygen atoms in total. The highest BCUT2D eigenvalue weighted by molar-refractivity contribution is 5.93. The zero-order chi connectivity index (χ0) is 20.0. The summed E-state index contributed by atoms with van der Waals surface area (Å²) >= 11 is 0. The number of fused-ring (bicyclic) bond motifs is 2. The van der Waals surface area contributed by atoms with Crippen LogP contribution in [0.15, 0.2) is 46.9 Å². The maximum atomic E-state index is 12.7. The van der Waals surface area contributed by atoms with Gasteiger partial charge in [-0.2, -0.15) is 0 Å². The molecule has 0 bridgehead atoms. The molecule has 5 rings (SSSR count). The minimum absolute atomic E-state index is 0.0523. The second-order valence-corrected chi connectivity index (χ2v) is 7.92. The van der Waals surface area contributed by atoms with E-state index in [0.29, 0.717) is 13.1 Å². The molecule has 0 atom stereocenters. The molecule has 0 unspecified atom stereocenters. The number of benzene rings is 2. The minimum atomic E-state index is -0.0523. The van der Waals surface area contributed by atoms with Crippen LogP contribution in [0.3, 0.4) is 0 Å². The third-order valence-corrected chi connectivity index (χ3v) is 5.77. The first kappa shape index (κ1) is 17.8. The Balaban J connectivity index is 1.24. The molecular formula is C23H24N4O2. The lowest BCUT2D eigenvalue weighted by Crippen LogP contribution is -2.40. The molecule has 2 aromatic carbocycles. The summed E-state index contributed by atoms with van der Waals surface area (Å²) in [5, 5.41) is 4.13. The number of likely N-dealkylation sites (tertiary alicyclic amines) is 1. The number of carbonyl (C=O) groups excluding carboxylic acids is 1. The van der Waals surface area contributed by atoms with E-state index in [1.54, 1.807) is 0 Å². The SMILES string of the molecule is Cc1cc2cc(NC(=O)N3CCC(c4nc5cccc(C)c5o4)CC3)ccc2[nH]1. The zero-order valence-corrected chi connectivity index (χ0v) is 16.7. The molecule has 0 aliphatic carbocycles. The van der Waals surface area contributed by atoms with Gasteiger partial charge in [0.25, 0.3) is 0 Å². The molecular weight excluding hydrogens is 364 g/mol. The molecule has 0 radical (unpaired) electrons. The van der Waals surface area contributed by atoms with E-state index < -0.39 is 0 Å². The average Bonchev–Trinajstić information content (AvgIpc) is 3.31. The maximum absolute atomic E-state index is 12.7. The summed E-state index contributed by atoms with van der Waals surface area (Å²) in [6.07, 6.45) is 1.71. The molecule has 2 amide bonds. The predicted octanol–water partition coefficient (Wildman–Crippen LogP) is 5.34. The number of carbonyl (C=O) groups is 1. The first-order chi connectivity index (χ1) is 14.1. The van der Waals surface area contributed by atoms with E-state index in [1.807, 2.05) is 55.1 Å². The normalized spacial score (nSPS) is 15.3. The van der Waals surface area contributed by atoms with Crippen LogP contribution in [0.1, 0.15) is 35.9 Å². The monoisotopic (exact) mass is 388 g/mol. The highest BCUT2D eigenvalue weighted by Gasteiger charge is 2.27. The van der Waals surface area contributed by atoms with E-state index >= 15 is 0 Å². The molecule has 1 aliphatic heterocycles. The van der Waals surface area contributed by atoms with Crippen LogP contribution in [0.5, 0.6) is 0 Å². The van der Waals surface area contributed by atoms with E-state index in [1.165, 1.54) is 0 Å². The van der Waals surface area contributed by atoms with Gasteiger partial charge >= 0.3 is 6.03 Å². The van der Waals surface area contributed by atoms with Crippen molar-refractivity contribution in [3.8, 4) is 0 Å². The second-order valence-electron chi connectivity index (χ2n) is 7.92. The molecule has 0 saturated carbocycles. The summed E-state index contributed by atoms with van der Waals surface area (Å²) in [6.45, 7) is 5.45. The van der Waals surface area contributed by atoms with Gasteiger partial charge in [-0.15, -0.1) is 0 Å². The highest BCUT2D eigenvalue weighted by atomic mass is 16.3. The first-order valence-corrected chi connectivity index (χ1v) is 10.1. The van der Waals surface area contributed by atoms with E-state index in [0.717, 1.165) is 57.7 Å². The number of aromatic amines is 1. The maximum Gasteiger partial charge on any atom is 0.321 e. The minimum Gasteiger partial charge on any atom is -0.440 e. The number of amides is 2. The number of H-pyrrole nitrogens is 1. The quantitative estimate of drug-likeness (QED) is 0.487. The third-order valence-electron chi connectivity index (χ3n) is 5.77. The van der Waals surface area contributed by atoms with Crippen LogP contribution in [-0.4, -0.2) is 34.0 Å². The fraction of sp³-hybridized carbons (Fsp3) is 0.304. The lowest BCUT2D eigenvalue weighted by atomic mass is 9.97. The van der Waals surface area contributed by atoms with Crippen LogP contribution >= 0.6 is 0 Å². The van der Waals surface area contributed by atoms with Crippen molar-refractivity contribution in [3.05, 3.63) is 59.6 Å². The molecule has 6 heteroatoms. The molecule has 3 heterocycles. The van der Waals surface area contributed by atoms with Gasteiger partial charge in [-0.1, -0.05) is 12.1 Å². The Labute approximate surface area is 168 Å². The van der Waals surface area contributed by atoms with Crippen molar-refractivity contribution in [2.24, 2.45) is 0 Å². The van der Waals surface area contributed by atoms with Crippen molar-refractivity contribution >= 4 is 33.7 Å². The van der Waals surface area contributed by atoms with Crippen molar-refractivity contribution < 1.29 is 9.21 Å². The molecule has 148 valence electrons. The van der Waals surface area contributed by atoms with Gasteiger partial charge in [0, 0.05) is 41.3 Å². The number of aryl methyl sites for hydroxylation is 2. The predicted molar refractivity (Wildman–Crippen MR) is 114 cm³/mol. The Bertz CT molecular complexity index is 1200.